The molecule has 0 spiro atoms. The van der Waals surface area contributed by atoms with Crippen molar-refractivity contribution < 1.29 is 14.3 Å². The third-order valence-electron chi connectivity index (χ3n) is 4.78. The number of amides is 1. The van der Waals surface area contributed by atoms with Gasteiger partial charge in [0, 0.05) is 11.3 Å². The second-order valence-electron chi connectivity index (χ2n) is 7.21. The molecule has 1 amide bonds. The lowest BCUT2D eigenvalue weighted by Gasteiger charge is -2.09. The van der Waals surface area contributed by atoms with E-state index < -0.39 is 0 Å². The number of rotatable bonds is 7. The van der Waals surface area contributed by atoms with Crippen LogP contribution in [0.1, 0.15) is 23.6 Å². The normalized spacial score (nSPS) is 12.7. The minimum atomic E-state index is -0.155. The molecule has 0 saturated carbocycles. The standard InChI is InChI=1S/C21H23N7O3S/c1-12-4-5-13(2)16(8-12)23-19(29)10-32-21-27-26-20(28(21)22)25-24-14(3)15-6-7-17-18(9-15)31-11-30-17/h4-9H,10-11,22H2,1-3H3,(H,23,29)(H,25,26)/b24-14+. The van der Waals surface area contributed by atoms with Crippen LogP contribution in [-0.2, 0) is 4.79 Å². The molecule has 1 aliphatic heterocycles. The zero-order valence-corrected chi connectivity index (χ0v) is 18.7. The van der Waals surface area contributed by atoms with E-state index >= 15 is 0 Å². The SMILES string of the molecule is C/C(=N\Nc1nnc(SCC(=O)Nc2cc(C)ccc2C)n1N)c1ccc2c(c1)OCO2. The van der Waals surface area contributed by atoms with Crippen LogP contribution in [0.25, 0.3) is 0 Å². The molecule has 0 fully saturated rings. The van der Waals surface area contributed by atoms with E-state index in [-0.39, 0.29) is 24.4 Å². The summed E-state index contributed by atoms with van der Waals surface area (Å²) in [6.45, 7) is 5.98. The zero-order valence-electron chi connectivity index (χ0n) is 17.9. The van der Waals surface area contributed by atoms with Crippen LogP contribution < -0.4 is 26.1 Å². The first-order chi connectivity index (χ1) is 15.4. The maximum Gasteiger partial charge on any atom is 0.264 e. The predicted molar refractivity (Wildman–Crippen MR) is 124 cm³/mol. The van der Waals surface area contributed by atoms with Crippen LogP contribution >= 0.6 is 11.8 Å². The van der Waals surface area contributed by atoms with Crippen molar-refractivity contribution in [2.45, 2.75) is 25.9 Å². The molecule has 3 aromatic rings. The Morgan fingerprint density at radius 2 is 2.00 bits per heavy atom. The molecule has 0 bridgehead atoms. The average Bonchev–Trinajstić information content (AvgIpc) is 3.39. The number of anilines is 2. The van der Waals surface area contributed by atoms with E-state index in [2.05, 4.69) is 26.0 Å². The summed E-state index contributed by atoms with van der Waals surface area (Å²) in [4.78, 5) is 12.3. The van der Waals surface area contributed by atoms with Crippen LogP contribution in [0.15, 0.2) is 46.7 Å². The molecule has 1 aromatic heterocycles. The molecule has 0 unspecified atom stereocenters. The topological polar surface area (TPSA) is 129 Å². The van der Waals surface area contributed by atoms with Gasteiger partial charge in [-0.05, 0) is 56.2 Å². The van der Waals surface area contributed by atoms with E-state index in [0.29, 0.717) is 22.4 Å². The molecule has 11 heteroatoms. The summed E-state index contributed by atoms with van der Waals surface area (Å²) in [7, 11) is 0. The monoisotopic (exact) mass is 453 g/mol. The van der Waals surface area contributed by atoms with Gasteiger partial charge in [-0.3, -0.25) is 4.79 Å². The number of benzene rings is 2. The van der Waals surface area contributed by atoms with Gasteiger partial charge in [0.05, 0.1) is 11.5 Å². The van der Waals surface area contributed by atoms with Gasteiger partial charge in [-0.1, -0.05) is 23.9 Å². The number of carbonyl (C=O) groups excluding carboxylic acids is 1. The van der Waals surface area contributed by atoms with Crippen LogP contribution in [0.3, 0.4) is 0 Å². The summed E-state index contributed by atoms with van der Waals surface area (Å²) >= 11 is 1.18. The van der Waals surface area contributed by atoms with Gasteiger partial charge in [0.15, 0.2) is 11.5 Å². The summed E-state index contributed by atoms with van der Waals surface area (Å²) in [5.74, 6) is 7.68. The van der Waals surface area contributed by atoms with E-state index in [4.69, 9.17) is 15.3 Å². The first kappa shape index (κ1) is 21.5. The van der Waals surface area contributed by atoms with Crippen molar-refractivity contribution in [2.75, 3.05) is 29.1 Å². The number of aryl methyl sites for hydroxylation is 2. The highest BCUT2D eigenvalue weighted by atomic mass is 32.2. The van der Waals surface area contributed by atoms with Crippen molar-refractivity contribution in [2.24, 2.45) is 5.10 Å². The number of nitrogens with one attached hydrogen (secondary N) is 2. The first-order valence-electron chi connectivity index (χ1n) is 9.81. The minimum absolute atomic E-state index is 0.141. The Labute approximate surface area is 189 Å². The molecule has 1 aliphatic rings. The number of hydrazone groups is 1. The minimum Gasteiger partial charge on any atom is -0.454 e. The van der Waals surface area contributed by atoms with Gasteiger partial charge in [0.2, 0.25) is 17.9 Å². The second kappa shape index (κ2) is 9.18. The first-order valence-corrected chi connectivity index (χ1v) is 10.8. The summed E-state index contributed by atoms with van der Waals surface area (Å²) < 4.78 is 12.0. The number of aromatic nitrogens is 3. The molecule has 10 nitrogen and oxygen atoms in total. The number of hydrogen-bond donors (Lipinski definition) is 3. The van der Waals surface area contributed by atoms with Gasteiger partial charge in [-0.15, -0.1) is 10.2 Å². The quantitative estimate of drug-likeness (QED) is 0.216. The molecule has 2 aromatic carbocycles. The average molecular weight is 454 g/mol. The van der Waals surface area contributed by atoms with Crippen molar-refractivity contribution >= 4 is 35.0 Å². The Morgan fingerprint density at radius 1 is 1.19 bits per heavy atom. The van der Waals surface area contributed by atoms with E-state index in [0.717, 1.165) is 22.4 Å². The van der Waals surface area contributed by atoms with E-state index in [1.807, 2.05) is 57.2 Å². The number of nitrogen functional groups attached to an aromatic ring is 1. The smallest absolute Gasteiger partial charge is 0.264 e. The fourth-order valence-corrected chi connectivity index (χ4v) is 3.62. The Morgan fingerprint density at radius 3 is 2.84 bits per heavy atom. The van der Waals surface area contributed by atoms with Crippen molar-refractivity contribution in [3.05, 3.63) is 53.1 Å². The van der Waals surface area contributed by atoms with E-state index in [9.17, 15) is 4.79 Å². The fraction of sp³-hybridized carbons (Fsp3) is 0.238. The van der Waals surface area contributed by atoms with Gasteiger partial charge >= 0.3 is 0 Å². The number of fused-ring (bicyclic) bond motifs is 1. The lowest BCUT2D eigenvalue weighted by atomic mass is 10.1. The highest BCUT2D eigenvalue weighted by Crippen LogP contribution is 2.32. The van der Waals surface area contributed by atoms with Crippen molar-refractivity contribution in [3.63, 3.8) is 0 Å². The number of hydrogen-bond acceptors (Lipinski definition) is 9. The van der Waals surface area contributed by atoms with Gasteiger partial charge in [-0.2, -0.15) is 5.10 Å². The van der Waals surface area contributed by atoms with Crippen molar-refractivity contribution in [1.29, 1.82) is 0 Å². The van der Waals surface area contributed by atoms with Gasteiger partial charge in [-0.25, -0.2) is 10.1 Å². The van der Waals surface area contributed by atoms with Gasteiger partial charge in [0.25, 0.3) is 5.95 Å². The van der Waals surface area contributed by atoms with E-state index in [1.54, 1.807) is 0 Å². The largest absolute Gasteiger partial charge is 0.454 e. The molecule has 166 valence electrons. The molecule has 0 saturated heterocycles. The molecule has 4 rings (SSSR count). The summed E-state index contributed by atoms with van der Waals surface area (Å²) in [6, 6.07) is 11.5. The van der Waals surface area contributed by atoms with Crippen LogP contribution in [0.2, 0.25) is 0 Å². The van der Waals surface area contributed by atoms with Crippen LogP contribution in [0.5, 0.6) is 11.5 Å². The molecule has 32 heavy (non-hydrogen) atoms. The number of thioether (sulfide) groups is 1. The molecule has 0 atom stereocenters. The molecule has 0 aliphatic carbocycles. The molecule has 0 radical (unpaired) electrons. The van der Waals surface area contributed by atoms with Crippen LogP contribution in [0, 0.1) is 13.8 Å². The number of nitrogens with zero attached hydrogens (tertiary/aromatic N) is 4. The number of nitrogens with two attached hydrogens (primary N) is 1. The lowest BCUT2D eigenvalue weighted by Crippen LogP contribution is -2.17. The third kappa shape index (κ3) is 4.78. The molecule has 4 N–H and O–H groups in total. The number of ether oxygens (including phenoxy) is 2. The van der Waals surface area contributed by atoms with Crippen LogP contribution in [-0.4, -0.2) is 39.0 Å². The third-order valence-corrected chi connectivity index (χ3v) is 5.72. The van der Waals surface area contributed by atoms with Crippen molar-refractivity contribution in [1.82, 2.24) is 14.9 Å². The number of carbonyl (C=O) groups is 1. The van der Waals surface area contributed by atoms with Crippen molar-refractivity contribution in [3.8, 4) is 11.5 Å². The van der Waals surface area contributed by atoms with E-state index in [1.165, 1.54) is 16.4 Å². The van der Waals surface area contributed by atoms with Gasteiger partial charge < -0.3 is 20.6 Å². The second-order valence-corrected chi connectivity index (χ2v) is 8.15. The Bertz CT molecular complexity index is 1190. The molecule has 2 heterocycles. The predicted octanol–water partition coefficient (Wildman–Crippen LogP) is 2.90. The highest BCUT2D eigenvalue weighted by Gasteiger charge is 2.15. The Balaban J connectivity index is 1.35. The zero-order chi connectivity index (χ0) is 22.7. The summed E-state index contributed by atoms with van der Waals surface area (Å²) in [5, 5.41) is 15.6. The Hall–Kier alpha value is -3.73. The fourth-order valence-electron chi connectivity index (χ4n) is 2.96. The summed E-state index contributed by atoms with van der Waals surface area (Å²) in [5.41, 5.74) is 7.24. The lowest BCUT2D eigenvalue weighted by molar-refractivity contribution is -0.113. The summed E-state index contributed by atoms with van der Waals surface area (Å²) in [6.07, 6.45) is 0. The molecular weight excluding hydrogens is 430 g/mol. The highest BCUT2D eigenvalue weighted by molar-refractivity contribution is 7.99. The maximum absolute atomic E-state index is 12.3. The maximum atomic E-state index is 12.3. The molecular formula is C21H23N7O3S. The van der Waals surface area contributed by atoms with Crippen LogP contribution in [0.4, 0.5) is 11.6 Å². The Kier molecular flexibility index (Phi) is 6.17. The van der Waals surface area contributed by atoms with Gasteiger partial charge in [0.1, 0.15) is 0 Å².